The van der Waals surface area contributed by atoms with Crippen molar-refractivity contribution in [3.63, 3.8) is 0 Å². The Morgan fingerprint density at radius 2 is 1.67 bits per heavy atom. The molecule has 0 aliphatic carbocycles. The van der Waals surface area contributed by atoms with Crippen molar-refractivity contribution in [1.82, 2.24) is 0 Å². The number of benzene rings is 2. The first-order chi connectivity index (χ1) is 11.5. The molecule has 0 radical (unpaired) electrons. The molecule has 0 unspecified atom stereocenters. The van der Waals surface area contributed by atoms with Crippen LogP contribution in [0.5, 0.6) is 11.5 Å². The summed E-state index contributed by atoms with van der Waals surface area (Å²) < 4.78 is 48.7. The minimum absolute atomic E-state index is 0.312. The molecule has 0 fully saturated rings. The molecule has 1 aliphatic rings. The monoisotopic (exact) mass is 335 g/mol. The van der Waals surface area contributed by atoms with Crippen molar-refractivity contribution in [1.29, 1.82) is 0 Å². The van der Waals surface area contributed by atoms with E-state index in [-0.39, 0.29) is 0 Å². The van der Waals surface area contributed by atoms with Crippen molar-refractivity contribution in [2.75, 3.05) is 13.2 Å². The number of fused-ring (bicyclic) bond motifs is 1. The Bertz CT molecular complexity index is 724. The second kappa shape index (κ2) is 6.95. The van der Waals surface area contributed by atoms with Gasteiger partial charge in [0, 0.05) is 12.6 Å². The van der Waals surface area contributed by atoms with Gasteiger partial charge in [0.15, 0.2) is 11.5 Å². The second-order valence-corrected chi connectivity index (χ2v) is 5.42. The molecule has 1 aliphatic heterocycles. The van der Waals surface area contributed by atoms with Crippen LogP contribution in [-0.2, 0) is 12.7 Å². The van der Waals surface area contributed by atoms with Gasteiger partial charge in [-0.25, -0.2) is 0 Å². The topological polar surface area (TPSA) is 30.8 Å². The Labute approximate surface area is 137 Å². The molecular weight excluding hydrogens is 319 g/mol. The highest BCUT2D eigenvalue weighted by atomic mass is 19.4. The molecule has 2 aromatic rings. The molecule has 0 aromatic heterocycles. The minimum atomic E-state index is -4.31. The number of alkyl halides is 3. The molecular formula is C18H16F3NO2. The molecule has 3 rings (SSSR count). The van der Waals surface area contributed by atoms with Crippen molar-refractivity contribution in [3.05, 3.63) is 59.2 Å². The van der Waals surface area contributed by atoms with E-state index in [0.717, 1.165) is 24.1 Å². The minimum Gasteiger partial charge on any atom is -0.490 e. The van der Waals surface area contributed by atoms with Crippen molar-refractivity contribution >= 4 is 6.21 Å². The van der Waals surface area contributed by atoms with E-state index in [1.165, 1.54) is 12.1 Å². The molecule has 24 heavy (non-hydrogen) atoms. The van der Waals surface area contributed by atoms with Crippen LogP contribution in [0.1, 0.15) is 23.1 Å². The van der Waals surface area contributed by atoms with Crippen LogP contribution in [0.3, 0.4) is 0 Å². The largest absolute Gasteiger partial charge is 0.490 e. The summed E-state index contributed by atoms with van der Waals surface area (Å²) in [7, 11) is 0. The maximum absolute atomic E-state index is 12.5. The molecule has 0 amide bonds. The zero-order valence-electron chi connectivity index (χ0n) is 12.8. The van der Waals surface area contributed by atoms with Gasteiger partial charge in [-0.3, -0.25) is 4.99 Å². The normalized spacial score (nSPS) is 14.6. The van der Waals surface area contributed by atoms with E-state index < -0.39 is 11.7 Å². The number of ether oxygens (including phenoxy) is 2. The molecule has 2 aromatic carbocycles. The maximum Gasteiger partial charge on any atom is 0.416 e. The van der Waals surface area contributed by atoms with Gasteiger partial charge in [0.05, 0.1) is 25.3 Å². The Kier molecular flexibility index (Phi) is 4.74. The Morgan fingerprint density at radius 3 is 2.38 bits per heavy atom. The fraction of sp³-hybridized carbons (Fsp3) is 0.278. The first-order valence-corrected chi connectivity index (χ1v) is 7.58. The third-order valence-electron chi connectivity index (χ3n) is 3.57. The van der Waals surface area contributed by atoms with E-state index in [4.69, 9.17) is 9.47 Å². The van der Waals surface area contributed by atoms with Crippen LogP contribution >= 0.6 is 0 Å². The number of nitrogens with zero attached hydrogens (tertiary/aromatic N) is 1. The molecule has 126 valence electrons. The van der Waals surface area contributed by atoms with Crippen molar-refractivity contribution < 1.29 is 22.6 Å². The van der Waals surface area contributed by atoms with Crippen LogP contribution in [0.25, 0.3) is 0 Å². The molecule has 0 saturated carbocycles. The number of rotatable bonds is 3. The molecule has 1 heterocycles. The lowest BCUT2D eigenvalue weighted by Crippen LogP contribution is -2.04. The van der Waals surface area contributed by atoms with Gasteiger partial charge >= 0.3 is 6.18 Å². The van der Waals surface area contributed by atoms with E-state index in [1.807, 2.05) is 18.2 Å². The lowest BCUT2D eigenvalue weighted by Gasteiger charge is -2.07. The molecule has 0 bridgehead atoms. The SMILES string of the molecule is FC(F)(F)c1ccc(CN=Cc2ccc3c(c2)OCCCO3)cc1. The highest BCUT2D eigenvalue weighted by Gasteiger charge is 2.29. The van der Waals surface area contributed by atoms with Gasteiger partial charge in [0.1, 0.15) is 0 Å². The Hall–Kier alpha value is -2.50. The summed E-state index contributed by atoms with van der Waals surface area (Å²) in [6.45, 7) is 1.56. The summed E-state index contributed by atoms with van der Waals surface area (Å²) in [5, 5.41) is 0. The third kappa shape index (κ3) is 4.07. The van der Waals surface area contributed by atoms with Crippen molar-refractivity contribution in [2.45, 2.75) is 19.1 Å². The van der Waals surface area contributed by atoms with Gasteiger partial charge in [-0.1, -0.05) is 12.1 Å². The second-order valence-electron chi connectivity index (χ2n) is 5.42. The van der Waals surface area contributed by atoms with Crippen molar-refractivity contribution in [3.8, 4) is 11.5 Å². The standard InChI is InChI=1S/C18H16F3NO2/c19-18(20,21)15-5-2-13(3-6-15)11-22-12-14-4-7-16-17(10-14)24-9-1-8-23-16/h2-7,10,12H,1,8-9,11H2. The van der Waals surface area contributed by atoms with Gasteiger partial charge in [0.25, 0.3) is 0 Å². The van der Waals surface area contributed by atoms with Crippen LogP contribution in [-0.4, -0.2) is 19.4 Å². The van der Waals surface area contributed by atoms with Crippen molar-refractivity contribution in [2.24, 2.45) is 4.99 Å². The average molecular weight is 335 g/mol. The molecule has 0 N–H and O–H groups in total. The van der Waals surface area contributed by atoms with Crippen LogP contribution in [0.4, 0.5) is 13.2 Å². The number of hydrogen-bond acceptors (Lipinski definition) is 3. The predicted molar refractivity (Wildman–Crippen MR) is 84.8 cm³/mol. The zero-order chi connectivity index (χ0) is 17.0. The first kappa shape index (κ1) is 16.4. The van der Waals surface area contributed by atoms with Gasteiger partial charge in [-0.05, 0) is 41.5 Å². The fourth-order valence-corrected chi connectivity index (χ4v) is 2.32. The molecule has 6 heteroatoms. The number of halogens is 3. The lowest BCUT2D eigenvalue weighted by atomic mass is 10.1. The summed E-state index contributed by atoms with van der Waals surface area (Å²) >= 11 is 0. The van der Waals surface area contributed by atoms with Crippen LogP contribution in [0, 0.1) is 0 Å². The zero-order valence-corrected chi connectivity index (χ0v) is 12.8. The van der Waals surface area contributed by atoms with Gasteiger partial charge in [0.2, 0.25) is 0 Å². The maximum atomic E-state index is 12.5. The smallest absolute Gasteiger partial charge is 0.416 e. The summed E-state index contributed by atoms with van der Waals surface area (Å²) in [6, 6.07) is 10.6. The predicted octanol–water partition coefficient (Wildman–Crippen LogP) is 4.49. The van der Waals surface area contributed by atoms with Gasteiger partial charge in [-0.2, -0.15) is 13.2 Å². The molecule has 0 saturated heterocycles. The molecule has 0 atom stereocenters. The molecule has 3 nitrogen and oxygen atoms in total. The number of hydrogen-bond donors (Lipinski definition) is 0. The Balaban J connectivity index is 1.65. The summed E-state index contributed by atoms with van der Waals surface area (Å²) in [5.41, 5.74) is 0.915. The van der Waals surface area contributed by atoms with Crippen LogP contribution in [0.2, 0.25) is 0 Å². The van der Waals surface area contributed by atoms with E-state index in [0.29, 0.717) is 36.8 Å². The number of aliphatic imine (C=N–C) groups is 1. The highest BCUT2D eigenvalue weighted by molar-refractivity contribution is 5.80. The molecule has 0 spiro atoms. The van der Waals surface area contributed by atoms with Crippen LogP contribution < -0.4 is 9.47 Å². The highest BCUT2D eigenvalue weighted by Crippen LogP contribution is 2.30. The van der Waals surface area contributed by atoms with Crippen LogP contribution in [0.15, 0.2) is 47.5 Å². The van der Waals surface area contributed by atoms with E-state index in [9.17, 15) is 13.2 Å². The average Bonchev–Trinajstić information content (AvgIpc) is 2.79. The quantitative estimate of drug-likeness (QED) is 0.774. The summed E-state index contributed by atoms with van der Waals surface area (Å²) in [4.78, 5) is 4.27. The lowest BCUT2D eigenvalue weighted by molar-refractivity contribution is -0.137. The summed E-state index contributed by atoms with van der Waals surface area (Å²) in [6.07, 6.45) is -1.80. The first-order valence-electron chi connectivity index (χ1n) is 7.58. The fourth-order valence-electron chi connectivity index (χ4n) is 2.32. The van der Waals surface area contributed by atoms with Gasteiger partial charge < -0.3 is 9.47 Å². The summed E-state index contributed by atoms with van der Waals surface area (Å²) in [5.74, 6) is 1.40. The third-order valence-corrected chi connectivity index (χ3v) is 3.57. The van der Waals surface area contributed by atoms with Gasteiger partial charge in [-0.15, -0.1) is 0 Å². The van der Waals surface area contributed by atoms with E-state index in [1.54, 1.807) is 6.21 Å². The van der Waals surface area contributed by atoms with E-state index >= 15 is 0 Å². The van der Waals surface area contributed by atoms with E-state index in [2.05, 4.69) is 4.99 Å². The Morgan fingerprint density at radius 1 is 0.958 bits per heavy atom.